The molecule has 3 rings (SSSR count). The van der Waals surface area contributed by atoms with Gasteiger partial charge in [0.15, 0.2) is 17.3 Å². The van der Waals surface area contributed by atoms with Crippen molar-refractivity contribution in [3.8, 4) is 11.5 Å². The number of hydrogen-bond donors (Lipinski definition) is 1. The third-order valence-corrected chi connectivity index (χ3v) is 3.73. The number of nitrogens with one attached hydrogen (secondary N) is 1. The van der Waals surface area contributed by atoms with Gasteiger partial charge in [0, 0.05) is 22.7 Å². The SMILES string of the molecule is COc1ccc(C(=O)c2c[nH]c3ccc(F)cc3c2=O)cc1OC. The summed E-state index contributed by atoms with van der Waals surface area (Å²) in [7, 11) is 2.94. The molecule has 0 unspecified atom stereocenters. The Labute approximate surface area is 136 Å². The molecule has 24 heavy (non-hydrogen) atoms. The lowest BCUT2D eigenvalue weighted by Crippen LogP contribution is -2.17. The molecule has 0 fully saturated rings. The fraction of sp³-hybridized carbons (Fsp3) is 0.111. The van der Waals surface area contributed by atoms with Crippen molar-refractivity contribution in [2.75, 3.05) is 14.2 Å². The first kappa shape index (κ1) is 15.7. The number of carbonyl (C=O) groups excluding carboxylic acids is 1. The van der Waals surface area contributed by atoms with Gasteiger partial charge in [-0.25, -0.2) is 4.39 Å². The molecule has 5 nitrogen and oxygen atoms in total. The summed E-state index contributed by atoms with van der Waals surface area (Å²) >= 11 is 0. The Morgan fingerprint density at radius 1 is 1.04 bits per heavy atom. The summed E-state index contributed by atoms with van der Waals surface area (Å²) in [6.07, 6.45) is 1.33. The van der Waals surface area contributed by atoms with Crippen molar-refractivity contribution in [3.05, 3.63) is 69.8 Å². The second-order valence-corrected chi connectivity index (χ2v) is 5.12. The molecule has 0 radical (unpaired) electrons. The molecule has 3 aromatic rings. The minimum Gasteiger partial charge on any atom is -0.493 e. The standard InChI is InChI=1S/C18H14FNO4/c1-23-15-6-3-10(7-16(15)24-2)17(21)13-9-20-14-5-4-11(19)8-12(14)18(13)22/h3-9H,1-2H3,(H,20,22). The highest BCUT2D eigenvalue weighted by Crippen LogP contribution is 2.28. The second kappa shape index (κ2) is 6.16. The quantitative estimate of drug-likeness (QED) is 0.748. The highest BCUT2D eigenvalue weighted by atomic mass is 19.1. The lowest BCUT2D eigenvalue weighted by molar-refractivity contribution is 0.103. The van der Waals surface area contributed by atoms with Gasteiger partial charge < -0.3 is 14.5 Å². The molecule has 0 aliphatic carbocycles. The number of H-pyrrole nitrogens is 1. The molecule has 0 amide bonds. The van der Waals surface area contributed by atoms with Gasteiger partial charge in [0.25, 0.3) is 0 Å². The number of fused-ring (bicyclic) bond motifs is 1. The van der Waals surface area contributed by atoms with Gasteiger partial charge in [0.05, 0.1) is 19.8 Å². The van der Waals surface area contributed by atoms with Gasteiger partial charge in [-0.15, -0.1) is 0 Å². The average Bonchev–Trinajstić information content (AvgIpc) is 2.61. The number of pyridine rings is 1. The van der Waals surface area contributed by atoms with E-state index in [4.69, 9.17) is 9.47 Å². The number of rotatable bonds is 4. The van der Waals surface area contributed by atoms with Crippen LogP contribution in [0.3, 0.4) is 0 Å². The molecular formula is C18H14FNO4. The molecule has 1 N–H and O–H groups in total. The normalized spacial score (nSPS) is 10.6. The Morgan fingerprint density at radius 3 is 2.50 bits per heavy atom. The Kier molecular flexibility index (Phi) is 4.04. The number of aromatic amines is 1. The van der Waals surface area contributed by atoms with E-state index in [0.717, 1.165) is 6.07 Å². The lowest BCUT2D eigenvalue weighted by atomic mass is 10.0. The van der Waals surface area contributed by atoms with Crippen LogP contribution in [-0.4, -0.2) is 25.0 Å². The summed E-state index contributed by atoms with van der Waals surface area (Å²) in [6.45, 7) is 0. The van der Waals surface area contributed by atoms with Crippen LogP contribution in [-0.2, 0) is 0 Å². The van der Waals surface area contributed by atoms with E-state index in [-0.39, 0.29) is 16.5 Å². The van der Waals surface area contributed by atoms with Crippen molar-refractivity contribution in [1.29, 1.82) is 0 Å². The Hall–Kier alpha value is -3.15. The molecule has 122 valence electrons. The predicted molar refractivity (Wildman–Crippen MR) is 87.5 cm³/mol. The van der Waals surface area contributed by atoms with E-state index in [2.05, 4.69) is 4.98 Å². The number of benzene rings is 2. The van der Waals surface area contributed by atoms with E-state index in [0.29, 0.717) is 17.0 Å². The van der Waals surface area contributed by atoms with Crippen molar-refractivity contribution in [2.24, 2.45) is 0 Å². The van der Waals surface area contributed by atoms with Crippen LogP contribution in [0.2, 0.25) is 0 Å². The summed E-state index contributed by atoms with van der Waals surface area (Å²) in [5, 5.41) is 0.126. The molecule has 0 saturated heterocycles. The van der Waals surface area contributed by atoms with Crippen molar-refractivity contribution in [3.63, 3.8) is 0 Å². The zero-order valence-corrected chi connectivity index (χ0v) is 13.1. The zero-order valence-electron chi connectivity index (χ0n) is 13.1. The summed E-state index contributed by atoms with van der Waals surface area (Å²) in [5.74, 6) is -0.165. The van der Waals surface area contributed by atoms with Gasteiger partial charge in [-0.1, -0.05) is 0 Å². The molecule has 0 aliphatic heterocycles. The van der Waals surface area contributed by atoms with E-state index in [9.17, 15) is 14.0 Å². The van der Waals surface area contributed by atoms with Crippen molar-refractivity contribution in [2.45, 2.75) is 0 Å². The maximum absolute atomic E-state index is 13.4. The molecule has 0 saturated carbocycles. The number of aromatic nitrogens is 1. The number of carbonyl (C=O) groups is 1. The average molecular weight is 327 g/mol. The predicted octanol–water partition coefficient (Wildman–Crippen LogP) is 2.92. The number of methoxy groups -OCH3 is 2. The van der Waals surface area contributed by atoms with Crippen molar-refractivity contribution < 1.29 is 18.7 Å². The van der Waals surface area contributed by atoms with E-state index >= 15 is 0 Å². The zero-order chi connectivity index (χ0) is 17.3. The highest BCUT2D eigenvalue weighted by molar-refractivity contribution is 6.10. The third kappa shape index (κ3) is 2.62. The summed E-state index contributed by atoms with van der Waals surface area (Å²) in [6, 6.07) is 8.43. The maximum atomic E-state index is 13.4. The van der Waals surface area contributed by atoms with Gasteiger partial charge >= 0.3 is 0 Å². The number of ketones is 1. The first-order chi connectivity index (χ1) is 11.5. The minimum absolute atomic E-state index is 0.0691. The van der Waals surface area contributed by atoms with Crippen molar-refractivity contribution in [1.82, 2.24) is 4.98 Å². The summed E-state index contributed by atoms with van der Waals surface area (Å²) < 4.78 is 23.7. The summed E-state index contributed by atoms with van der Waals surface area (Å²) in [4.78, 5) is 28.0. The number of hydrogen-bond acceptors (Lipinski definition) is 4. The highest BCUT2D eigenvalue weighted by Gasteiger charge is 2.17. The van der Waals surface area contributed by atoms with E-state index in [1.807, 2.05) is 0 Å². The fourth-order valence-electron chi connectivity index (χ4n) is 2.49. The Bertz CT molecular complexity index is 994. The van der Waals surface area contributed by atoms with Crippen LogP contribution in [0.5, 0.6) is 11.5 Å². The van der Waals surface area contributed by atoms with Crippen LogP contribution in [0.25, 0.3) is 10.9 Å². The molecule has 2 aromatic carbocycles. The Morgan fingerprint density at radius 2 is 1.79 bits per heavy atom. The van der Waals surface area contributed by atoms with Crippen LogP contribution in [0.15, 0.2) is 47.4 Å². The first-order valence-corrected chi connectivity index (χ1v) is 7.13. The van der Waals surface area contributed by atoms with E-state index < -0.39 is 17.0 Å². The van der Waals surface area contributed by atoms with Gasteiger partial charge in [-0.05, 0) is 36.4 Å². The van der Waals surface area contributed by atoms with Crippen LogP contribution >= 0.6 is 0 Å². The molecule has 0 atom stereocenters. The van der Waals surface area contributed by atoms with Crippen molar-refractivity contribution >= 4 is 16.7 Å². The molecule has 0 bridgehead atoms. The van der Waals surface area contributed by atoms with Gasteiger partial charge in [0.2, 0.25) is 5.43 Å². The third-order valence-electron chi connectivity index (χ3n) is 3.73. The summed E-state index contributed by atoms with van der Waals surface area (Å²) in [5.41, 5.74) is 0.141. The number of halogens is 1. The molecule has 0 aliphatic rings. The number of ether oxygens (including phenoxy) is 2. The lowest BCUT2D eigenvalue weighted by Gasteiger charge is -2.09. The Balaban J connectivity index is 2.12. The van der Waals surface area contributed by atoms with Gasteiger partial charge in [0.1, 0.15) is 5.82 Å². The first-order valence-electron chi connectivity index (χ1n) is 7.13. The monoisotopic (exact) mass is 327 g/mol. The largest absolute Gasteiger partial charge is 0.493 e. The molecule has 1 heterocycles. The molecule has 1 aromatic heterocycles. The molecule has 6 heteroatoms. The van der Waals surface area contributed by atoms with Gasteiger partial charge in [-0.3, -0.25) is 9.59 Å². The van der Waals surface area contributed by atoms with Crippen LogP contribution in [0.1, 0.15) is 15.9 Å². The molecule has 0 spiro atoms. The van der Waals surface area contributed by atoms with Gasteiger partial charge in [-0.2, -0.15) is 0 Å². The minimum atomic E-state index is -0.538. The molecular weight excluding hydrogens is 313 g/mol. The van der Waals surface area contributed by atoms with Crippen LogP contribution in [0, 0.1) is 5.82 Å². The van der Waals surface area contributed by atoms with Crippen LogP contribution < -0.4 is 14.9 Å². The maximum Gasteiger partial charge on any atom is 0.200 e. The van der Waals surface area contributed by atoms with E-state index in [1.165, 1.54) is 38.6 Å². The smallest absolute Gasteiger partial charge is 0.200 e. The van der Waals surface area contributed by atoms with E-state index in [1.54, 1.807) is 12.1 Å². The topological polar surface area (TPSA) is 68.4 Å². The fourth-order valence-corrected chi connectivity index (χ4v) is 2.49. The van der Waals surface area contributed by atoms with Crippen LogP contribution in [0.4, 0.5) is 4.39 Å². The second-order valence-electron chi connectivity index (χ2n) is 5.12.